The molecule has 0 amide bonds. The Kier molecular flexibility index (Phi) is 3.00. The van der Waals surface area contributed by atoms with E-state index in [0.29, 0.717) is 0 Å². The van der Waals surface area contributed by atoms with E-state index in [1.54, 1.807) is 0 Å². The highest BCUT2D eigenvalue weighted by Crippen LogP contribution is 2.12. The minimum absolute atomic E-state index is 1.06. The van der Waals surface area contributed by atoms with Crippen molar-refractivity contribution in [2.75, 3.05) is 31.1 Å². The average molecular weight is 289 g/mol. The van der Waals surface area contributed by atoms with Crippen LogP contribution in [0, 0.1) is 3.57 Å². The number of hydrogen-bond donors (Lipinski definition) is 1. The Labute approximate surface area is 91.7 Å². The van der Waals surface area contributed by atoms with Crippen LogP contribution in [-0.4, -0.2) is 31.2 Å². The van der Waals surface area contributed by atoms with Crippen LogP contribution in [0.4, 0.5) is 5.82 Å². The molecular weight excluding hydrogens is 277 g/mol. The van der Waals surface area contributed by atoms with E-state index >= 15 is 0 Å². The zero-order valence-corrected chi connectivity index (χ0v) is 9.49. The Morgan fingerprint density at radius 2 is 2.08 bits per heavy atom. The van der Waals surface area contributed by atoms with Crippen molar-refractivity contribution in [2.45, 2.75) is 0 Å². The summed E-state index contributed by atoms with van der Waals surface area (Å²) >= 11 is 2.27. The van der Waals surface area contributed by atoms with Gasteiger partial charge in [-0.2, -0.15) is 0 Å². The fourth-order valence-electron chi connectivity index (χ4n) is 1.45. The lowest BCUT2D eigenvalue weighted by Crippen LogP contribution is -2.43. The molecule has 2 heterocycles. The summed E-state index contributed by atoms with van der Waals surface area (Å²) in [6, 6.07) is 4.19. The highest BCUT2D eigenvalue weighted by atomic mass is 127. The second-order valence-corrected chi connectivity index (χ2v) is 4.32. The number of halogens is 1. The van der Waals surface area contributed by atoms with Gasteiger partial charge in [0.1, 0.15) is 5.82 Å². The monoisotopic (exact) mass is 289 g/mol. The molecule has 1 saturated heterocycles. The molecule has 70 valence electrons. The number of nitrogens with zero attached hydrogens (tertiary/aromatic N) is 2. The number of rotatable bonds is 1. The van der Waals surface area contributed by atoms with Gasteiger partial charge in [-0.3, -0.25) is 0 Å². The first-order chi connectivity index (χ1) is 6.36. The van der Waals surface area contributed by atoms with Gasteiger partial charge in [-0.15, -0.1) is 0 Å². The summed E-state index contributed by atoms with van der Waals surface area (Å²) in [4.78, 5) is 6.70. The first kappa shape index (κ1) is 9.21. The standard InChI is InChI=1S/C9H12IN3/c10-8-1-2-9(12-7-8)13-5-3-11-4-6-13/h1-2,7,11H,3-6H2. The van der Waals surface area contributed by atoms with Crippen LogP contribution in [0.2, 0.25) is 0 Å². The minimum atomic E-state index is 1.06. The molecule has 1 fully saturated rings. The highest BCUT2D eigenvalue weighted by Gasteiger charge is 2.10. The molecule has 0 aromatic carbocycles. The van der Waals surface area contributed by atoms with Crippen LogP contribution >= 0.6 is 22.6 Å². The van der Waals surface area contributed by atoms with E-state index in [2.05, 4.69) is 49.9 Å². The van der Waals surface area contributed by atoms with Gasteiger partial charge in [0.05, 0.1) is 0 Å². The van der Waals surface area contributed by atoms with Crippen molar-refractivity contribution in [3.05, 3.63) is 21.9 Å². The lowest BCUT2D eigenvalue weighted by Gasteiger charge is -2.28. The van der Waals surface area contributed by atoms with Gasteiger partial charge in [0, 0.05) is 35.9 Å². The Morgan fingerprint density at radius 3 is 2.69 bits per heavy atom. The molecule has 0 aliphatic carbocycles. The first-order valence-electron chi connectivity index (χ1n) is 4.43. The lowest BCUT2D eigenvalue weighted by molar-refractivity contribution is 0.585. The summed E-state index contributed by atoms with van der Waals surface area (Å²) in [5.74, 6) is 1.10. The molecule has 1 aliphatic heterocycles. The summed E-state index contributed by atoms with van der Waals surface area (Å²) in [5.41, 5.74) is 0. The molecule has 0 spiro atoms. The average Bonchev–Trinajstić information content (AvgIpc) is 2.20. The molecule has 2 rings (SSSR count). The summed E-state index contributed by atoms with van der Waals surface area (Å²) < 4.78 is 1.19. The highest BCUT2D eigenvalue weighted by molar-refractivity contribution is 14.1. The van der Waals surface area contributed by atoms with Crippen LogP contribution in [0.1, 0.15) is 0 Å². The van der Waals surface area contributed by atoms with E-state index < -0.39 is 0 Å². The topological polar surface area (TPSA) is 28.2 Å². The smallest absolute Gasteiger partial charge is 0.128 e. The van der Waals surface area contributed by atoms with Crippen molar-refractivity contribution in [2.24, 2.45) is 0 Å². The van der Waals surface area contributed by atoms with Gasteiger partial charge in [-0.05, 0) is 34.7 Å². The predicted octanol–water partition coefficient (Wildman–Crippen LogP) is 1.10. The van der Waals surface area contributed by atoms with Crippen LogP contribution in [0.25, 0.3) is 0 Å². The largest absolute Gasteiger partial charge is 0.354 e. The maximum atomic E-state index is 4.39. The Morgan fingerprint density at radius 1 is 1.31 bits per heavy atom. The van der Waals surface area contributed by atoms with Crippen molar-refractivity contribution in [1.82, 2.24) is 10.3 Å². The second-order valence-electron chi connectivity index (χ2n) is 3.07. The van der Waals surface area contributed by atoms with Gasteiger partial charge in [-0.1, -0.05) is 0 Å². The maximum absolute atomic E-state index is 4.39. The third-order valence-corrected chi connectivity index (χ3v) is 2.79. The molecule has 3 nitrogen and oxygen atoms in total. The first-order valence-corrected chi connectivity index (χ1v) is 5.51. The third-order valence-electron chi connectivity index (χ3n) is 2.15. The fraction of sp³-hybridized carbons (Fsp3) is 0.444. The number of anilines is 1. The van der Waals surface area contributed by atoms with Gasteiger partial charge >= 0.3 is 0 Å². The van der Waals surface area contributed by atoms with Crippen LogP contribution in [0.5, 0.6) is 0 Å². The summed E-state index contributed by atoms with van der Waals surface area (Å²) in [6.45, 7) is 4.25. The van der Waals surface area contributed by atoms with Crippen molar-refractivity contribution in [3.63, 3.8) is 0 Å². The van der Waals surface area contributed by atoms with Crippen LogP contribution in [0.3, 0.4) is 0 Å². The number of hydrogen-bond acceptors (Lipinski definition) is 3. The molecule has 0 unspecified atom stereocenters. The van der Waals surface area contributed by atoms with E-state index in [-0.39, 0.29) is 0 Å². The van der Waals surface area contributed by atoms with Gasteiger partial charge in [-0.25, -0.2) is 4.98 Å². The minimum Gasteiger partial charge on any atom is -0.354 e. The molecule has 1 aromatic rings. The third kappa shape index (κ3) is 2.31. The lowest BCUT2D eigenvalue weighted by atomic mass is 10.3. The summed E-state index contributed by atoms with van der Waals surface area (Å²) in [7, 11) is 0. The van der Waals surface area contributed by atoms with E-state index in [1.807, 2.05) is 6.20 Å². The van der Waals surface area contributed by atoms with E-state index in [0.717, 1.165) is 32.0 Å². The normalized spacial score (nSPS) is 17.5. The van der Waals surface area contributed by atoms with E-state index in [4.69, 9.17) is 0 Å². The van der Waals surface area contributed by atoms with Crippen LogP contribution < -0.4 is 10.2 Å². The van der Waals surface area contributed by atoms with Gasteiger partial charge in [0.2, 0.25) is 0 Å². The van der Waals surface area contributed by atoms with Crippen molar-refractivity contribution in [3.8, 4) is 0 Å². The molecule has 1 N–H and O–H groups in total. The number of aromatic nitrogens is 1. The second kappa shape index (κ2) is 4.23. The fourth-order valence-corrected chi connectivity index (χ4v) is 1.77. The molecule has 13 heavy (non-hydrogen) atoms. The number of pyridine rings is 1. The Hall–Kier alpha value is -0.360. The zero-order chi connectivity index (χ0) is 9.10. The molecule has 0 bridgehead atoms. The SMILES string of the molecule is Ic1ccc(N2CCNCC2)nc1. The summed E-state index contributed by atoms with van der Waals surface area (Å²) in [5, 5.41) is 3.32. The summed E-state index contributed by atoms with van der Waals surface area (Å²) in [6.07, 6.45) is 1.91. The van der Waals surface area contributed by atoms with Crippen LogP contribution in [-0.2, 0) is 0 Å². The van der Waals surface area contributed by atoms with Crippen LogP contribution in [0.15, 0.2) is 18.3 Å². The van der Waals surface area contributed by atoms with Crippen molar-refractivity contribution < 1.29 is 0 Å². The van der Waals surface area contributed by atoms with Crippen molar-refractivity contribution >= 4 is 28.4 Å². The molecule has 0 atom stereocenters. The molecule has 1 aromatic heterocycles. The van der Waals surface area contributed by atoms with Gasteiger partial charge in [0.25, 0.3) is 0 Å². The number of piperazine rings is 1. The molecular formula is C9H12IN3. The molecule has 1 aliphatic rings. The maximum Gasteiger partial charge on any atom is 0.128 e. The van der Waals surface area contributed by atoms with Gasteiger partial charge in [0.15, 0.2) is 0 Å². The predicted molar refractivity (Wildman–Crippen MR) is 62.0 cm³/mol. The van der Waals surface area contributed by atoms with Gasteiger partial charge < -0.3 is 10.2 Å². The zero-order valence-electron chi connectivity index (χ0n) is 7.33. The molecule has 0 saturated carbocycles. The number of nitrogens with one attached hydrogen (secondary N) is 1. The molecule has 4 heteroatoms. The van der Waals surface area contributed by atoms with E-state index in [9.17, 15) is 0 Å². The van der Waals surface area contributed by atoms with E-state index in [1.165, 1.54) is 3.57 Å². The van der Waals surface area contributed by atoms with Crippen molar-refractivity contribution in [1.29, 1.82) is 0 Å². The quantitative estimate of drug-likeness (QED) is 0.785. The Bertz CT molecular complexity index is 267. The molecule has 0 radical (unpaired) electrons. The Balaban J connectivity index is 2.10.